The van der Waals surface area contributed by atoms with Crippen molar-refractivity contribution in [3.8, 4) is 6.07 Å². The van der Waals surface area contributed by atoms with Crippen molar-refractivity contribution in [2.45, 2.75) is 13.5 Å². The molecule has 0 aromatic heterocycles. The second-order valence-electron chi connectivity index (χ2n) is 3.20. The number of hydrogen-bond donors (Lipinski definition) is 1. The van der Waals surface area contributed by atoms with Gasteiger partial charge in [0.2, 0.25) is 5.91 Å². The maximum absolute atomic E-state index is 11.3. The van der Waals surface area contributed by atoms with E-state index in [4.69, 9.17) is 16.9 Å². The van der Waals surface area contributed by atoms with Gasteiger partial charge in [-0.05, 0) is 24.6 Å². The normalized spacial score (nSPS) is 11.5. The van der Waals surface area contributed by atoms with E-state index in [1.54, 1.807) is 19.1 Å². The second kappa shape index (κ2) is 5.38. The Labute approximate surface area is 93.7 Å². The summed E-state index contributed by atoms with van der Waals surface area (Å²) in [7, 11) is 0. The third kappa shape index (κ3) is 3.61. The van der Waals surface area contributed by atoms with E-state index in [0.29, 0.717) is 11.6 Å². The van der Waals surface area contributed by atoms with Gasteiger partial charge < -0.3 is 5.32 Å². The summed E-state index contributed by atoms with van der Waals surface area (Å²) in [6.45, 7) is 1.96. The highest BCUT2D eigenvalue weighted by Crippen LogP contribution is 2.10. The van der Waals surface area contributed by atoms with Crippen LogP contribution < -0.4 is 5.32 Å². The zero-order valence-electron chi connectivity index (χ0n) is 8.33. The molecule has 1 rings (SSSR count). The van der Waals surface area contributed by atoms with Crippen LogP contribution in [0.3, 0.4) is 0 Å². The summed E-state index contributed by atoms with van der Waals surface area (Å²) < 4.78 is 0. The second-order valence-corrected chi connectivity index (χ2v) is 3.63. The molecule has 1 amide bonds. The van der Waals surface area contributed by atoms with E-state index >= 15 is 0 Å². The number of carbonyl (C=O) groups excluding carboxylic acids is 1. The van der Waals surface area contributed by atoms with Gasteiger partial charge in [-0.3, -0.25) is 4.79 Å². The predicted octanol–water partition coefficient (Wildman–Crippen LogP) is 2.12. The molecule has 0 aliphatic carbocycles. The van der Waals surface area contributed by atoms with Gasteiger partial charge in [0.15, 0.2) is 0 Å². The third-order valence-corrected chi connectivity index (χ3v) is 2.18. The number of halogens is 1. The number of nitrogens with one attached hydrogen (secondary N) is 1. The molecule has 1 atom stereocenters. The summed E-state index contributed by atoms with van der Waals surface area (Å²) >= 11 is 5.78. The lowest BCUT2D eigenvalue weighted by Gasteiger charge is -2.06. The number of nitriles is 1. The Morgan fingerprint density at radius 1 is 1.67 bits per heavy atom. The van der Waals surface area contributed by atoms with Gasteiger partial charge in [0, 0.05) is 11.6 Å². The van der Waals surface area contributed by atoms with E-state index in [2.05, 4.69) is 5.32 Å². The number of rotatable bonds is 3. The number of benzene rings is 1. The Kier molecular flexibility index (Phi) is 4.14. The van der Waals surface area contributed by atoms with Gasteiger partial charge in [0.25, 0.3) is 0 Å². The zero-order valence-corrected chi connectivity index (χ0v) is 9.08. The first kappa shape index (κ1) is 11.5. The van der Waals surface area contributed by atoms with Gasteiger partial charge in [0.05, 0.1) is 6.07 Å². The summed E-state index contributed by atoms with van der Waals surface area (Å²) in [5, 5.41) is 11.8. The van der Waals surface area contributed by atoms with Crippen LogP contribution in [0.25, 0.3) is 0 Å². The number of carbonyl (C=O) groups is 1. The molecule has 0 fully saturated rings. The average molecular weight is 223 g/mol. The Balaban J connectivity index is 2.51. The van der Waals surface area contributed by atoms with Crippen LogP contribution in [0.5, 0.6) is 0 Å². The molecular weight excluding hydrogens is 212 g/mol. The summed E-state index contributed by atoms with van der Waals surface area (Å²) in [5.74, 6) is -0.887. The molecule has 1 aromatic carbocycles. The quantitative estimate of drug-likeness (QED) is 0.852. The van der Waals surface area contributed by atoms with Crippen LogP contribution in [0.4, 0.5) is 0 Å². The van der Waals surface area contributed by atoms with Crippen molar-refractivity contribution >= 4 is 17.5 Å². The van der Waals surface area contributed by atoms with Crippen LogP contribution in [-0.4, -0.2) is 5.91 Å². The van der Waals surface area contributed by atoms with E-state index < -0.39 is 5.92 Å². The van der Waals surface area contributed by atoms with Crippen LogP contribution in [0.15, 0.2) is 24.3 Å². The lowest BCUT2D eigenvalue weighted by molar-refractivity contribution is -0.123. The SMILES string of the molecule is CC(C#N)C(=O)NCc1cccc(Cl)c1. The minimum absolute atomic E-state index is 0.266. The van der Waals surface area contributed by atoms with Crippen molar-refractivity contribution in [3.63, 3.8) is 0 Å². The summed E-state index contributed by atoms with van der Waals surface area (Å²) in [6, 6.07) is 9.10. The van der Waals surface area contributed by atoms with Gasteiger partial charge in [-0.1, -0.05) is 23.7 Å². The topological polar surface area (TPSA) is 52.9 Å². The van der Waals surface area contributed by atoms with E-state index in [0.717, 1.165) is 5.56 Å². The molecule has 15 heavy (non-hydrogen) atoms. The predicted molar refractivity (Wildman–Crippen MR) is 58.1 cm³/mol. The van der Waals surface area contributed by atoms with Crippen molar-refractivity contribution in [2.75, 3.05) is 0 Å². The van der Waals surface area contributed by atoms with E-state index in [-0.39, 0.29) is 5.91 Å². The molecule has 1 aromatic rings. The average Bonchev–Trinajstić information content (AvgIpc) is 2.25. The Bertz CT molecular complexity index is 398. The van der Waals surface area contributed by atoms with Crippen molar-refractivity contribution in [1.82, 2.24) is 5.32 Å². The van der Waals surface area contributed by atoms with Gasteiger partial charge in [-0.25, -0.2) is 0 Å². The summed E-state index contributed by atoms with van der Waals surface area (Å²) in [5.41, 5.74) is 0.918. The van der Waals surface area contributed by atoms with Crippen molar-refractivity contribution in [1.29, 1.82) is 5.26 Å². The molecule has 0 saturated carbocycles. The van der Waals surface area contributed by atoms with Gasteiger partial charge in [0.1, 0.15) is 5.92 Å². The fraction of sp³-hybridized carbons (Fsp3) is 0.273. The standard InChI is InChI=1S/C11H11ClN2O/c1-8(6-13)11(15)14-7-9-3-2-4-10(12)5-9/h2-5,8H,7H2,1H3,(H,14,15). The molecule has 0 aliphatic rings. The molecule has 0 bridgehead atoms. The van der Waals surface area contributed by atoms with E-state index in [9.17, 15) is 4.79 Å². The molecule has 78 valence electrons. The molecule has 0 radical (unpaired) electrons. The first-order valence-corrected chi connectivity index (χ1v) is 4.93. The van der Waals surface area contributed by atoms with Gasteiger partial charge in [-0.15, -0.1) is 0 Å². The number of nitrogens with zero attached hydrogens (tertiary/aromatic N) is 1. The highest BCUT2D eigenvalue weighted by atomic mass is 35.5. The smallest absolute Gasteiger partial charge is 0.237 e. The highest BCUT2D eigenvalue weighted by molar-refractivity contribution is 6.30. The van der Waals surface area contributed by atoms with Crippen LogP contribution in [0, 0.1) is 17.2 Å². The number of amides is 1. The van der Waals surface area contributed by atoms with Crippen LogP contribution in [0.1, 0.15) is 12.5 Å². The highest BCUT2D eigenvalue weighted by Gasteiger charge is 2.10. The minimum atomic E-state index is -0.621. The first-order chi connectivity index (χ1) is 7.13. The van der Waals surface area contributed by atoms with Crippen molar-refractivity contribution in [3.05, 3.63) is 34.9 Å². The zero-order chi connectivity index (χ0) is 11.3. The molecular formula is C11H11ClN2O. The third-order valence-electron chi connectivity index (χ3n) is 1.94. The molecule has 0 aliphatic heterocycles. The Hall–Kier alpha value is -1.53. The molecule has 0 heterocycles. The summed E-state index contributed by atoms with van der Waals surface area (Å²) in [4.78, 5) is 11.3. The lowest BCUT2D eigenvalue weighted by Crippen LogP contribution is -2.27. The Morgan fingerprint density at radius 3 is 3.00 bits per heavy atom. The van der Waals surface area contributed by atoms with E-state index in [1.807, 2.05) is 18.2 Å². The molecule has 0 saturated heterocycles. The minimum Gasteiger partial charge on any atom is -0.351 e. The van der Waals surface area contributed by atoms with Crippen molar-refractivity contribution < 1.29 is 4.79 Å². The Morgan fingerprint density at radius 2 is 2.40 bits per heavy atom. The molecule has 0 spiro atoms. The molecule has 4 heteroatoms. The fourth-order valence-electron chi connectivity index (χ4n) is 1.05. The number of hydrogen-bond acceptors (Lipinski definition) is 2. The van der Waals surface area contributed by atoms with Gasteiger partial charge in [-0.2, -0.15) is 5.26 Å². The maximum Gasteiger partial charge on any atom is 0.237 e. The van der Waals surface area contributed by atoms with Gasteiger partial charge >= 0.3 is 0 Å². The molecule has 3 nitrogen and oxygen atoms in total. The monoisotopic (exact) mass is 222 g/mol. The molecule has 1 N–H and O–H groups in total. The van der Waals surface area contributed by atoms with Crippen LogP contribution in [0.2, 0.25) is 5.02 Å². The fourth-order valence-corrected chi connectivity index (χ4v) is 1.26. The van der Waals surface area contributed by atoms with Crippen molar-refractivity contribution in [2.24, 2.45) is 5.92 Å². The van der Waals surface area contributed by atoms with Crippen LogP contribution in [-0.2, 0) is 11.3 Å². The van der Waals surface area contributed by atoms with E-state index in [1.165, 1.54) is 0 Å². The first-order valence-electron chi connectivity index (χ1n) is 4.55. The lowest BCUT2D eigenvalue weighted by atomic mass is 10.2. The van der Waals surface area contributed by atoms with Crippen LogP contribution >= 0.6 is 11.6 Å². The summed E-state index contributed by atoms with van der Waals surface area (Å²) in [6.07, 6.45) is 0. The molecule has 1 unspecified atom stereocenters. The largest absolute Gasteiger partial charge is 0.351 e. The maximum atomic E-state index is 11.3.